The van der Waals surface area contributed by atoms with Crippen LogP contribution in [0.2, 0.25) is 0 Å². The lowest BCUT2D eigenvalue weighted by molar-refractivity contribution is -0.153. The molecule has 0 bridgehead atoms. The molecule has 0 unspecified atom stereocenters. The van der Waals surface area contributed by atoms with Crippen LogP contribution in [0.3, 0.4) is 0 Å². The first-order valence-corrected chi connectivity index (χ1v) is 8.53. The highest BCUT2D eigenvalue weighted by Gasteiger charge is 2.55. The van der Waals surface area contributed by atoms with Crippen molar-refractivity contribution in [1.82, 2.24) is 0 Å². The Morgan fingerprint density at radius 2 is 1.74 bits per heavy atom. The molecule has 2 aromatic rings. The van der Waals surface area contributed by atoms with Gasteiger partial charge in [-0.2, -0.15) is 0 Å². The summed E-state index contributed by atoms with van der Waals surface area (Å²) in [6, 6.07) is 12.5. The van der Waals surface area contributed by atoms with Gasteiger partial charge in [0.1, 0.15) is 0 Å². The Morgan fingerprint density at radius 1 is 0.913 bits per heavy atom. The number of carbonyl (C=O) groups excluding carboxylic acids is 2. The molecule has 3 aliphatic rings. The number of benzene rings is 2. The number of esters is 2. The van der Waals surface area contributed by atoms with Crippen molar-refractivity contribution in [2.45, 2.75) is 37.5 Å². The third kappa shape index (κ3) is 1.71. The van der Waals surface area contributed by atoms with Gasteiger partial charge in [-0.3, -0.25) is 9.59 Å². The van der Waals surface area contributed by atoms with Crippen LogP contribution in [-0.2, 0) is 14.3 Å². The van der Waals surface area contributed by atoms with Gasteiger partial charge in [0, 0.05) is 0 Å². The summed E-state index contributed by atoms with van der Waals surface area (Å²) in [4.78, 5) is 24.8. The van der Waals surface area contributed by atoms with E-state index in [1.54, 1.807) is 0 Å². The van der Waals surface area contributed by atoms with Crippen molar-refractivity contribution in [3.05, 3.63) is 47.5 Å². The summed E-state index contributed by atoms with van der Waals surface area (Å²) in [6.45, 7) is 0. The maximum absolute atomic E-state index is 12.5. The molecule has 1 heterocycles. The molecule has 0 spiro atoms. The Labute approximate surface area is 134 Å². The van der Waals surface area contributed by atoms with E-state index in [9.17, 15) is 9.59 Å². The van der Waals surface area contributed by atoms with Crippen LogP contribution >= 0.6 is 0 Å². The lowest BCUT2D eigenvalue weighted by Crippen LogP contribution is -2.37. The first kappa shape index (κ1) is 13.3. The molecule has 4 atom stereocenters. The number of fused-ring (bicyclic) bond motifs is 8. The Hall–Kier alpha value is -2.16. The van der Waals surface area contributed by atoms with Gasteiger partial charge in [-0.25, -0.2) is 0 Å². The molecule has 1 saturated heterocycles. The molecule has 0 radical (unpaired) electrons. The maximum Gasteiger partial charge on any atom is 0.321 e. The molecule has 1 aliphatic heterocycles. The number of rotatable bonds is 0. The minimum atomic E-state index is -0.400. The van der Waals surface area contributed by atoms with Crippen LogP contribution in [0.25, 0.3) is 10.8 Å². The number of ether oxygens (including phenoxy) is 1. The third-order valence-electron chi connectivity index (χ3n) is 6.08. The van der Waals surface area contributed by atoms with E-state index in [0.717, 1.165) is 35.6 Å². The van der Waals surface area contributed by atoms with Crippen LogP contribution in [-0.4, -0.2) is 11.9 Å². The molecule has 2 aromatic carbocycles. The summed E-state index contributed by atoms with van der Waals surface area (Å²) < 4.78 is 5.09. The lowest BCUT2D eigenvalue weighted by atomic mass is 9.59. The van der Waals surface area contributed by atoms with Crippen LogP contribution in [0.1, 0.15) is 48.6 Å². The van der Waals surface area contributed by atoms with Crippen LogP contribution < -0.4 is 0 Å². The van der Waals surface area contributed by atoms with Crippen molar-refractivity contribution < 1.29 is 14.3 Å². The van der Waals surface area contributed by atoms with Gasteiger partial charge in [-0.05, 0) is 46.6 Å². The van der Waals surface area contributed by atoms with E-state index in [0.29, 0.717) is 5.92 Å². The normalized spacial score (nSPS) is 32.2. The highest BCUT2D eigenvalue weighted by atomic mass is 16.6. The number of carbonyl (C=O) groups is 2. The van der Waals surface area contributed by atoms with E-state index in [2.05, 4.69) is 24.3 Å². The molecule has 1 saturated carbocycles. The maximum atomic E-state index is 12.5. The van der Waals surface area contributed by atoms with Crippen molar-refractivity contribution in [1.29, 1.82) is 0 Å². The number of hydrogen-bond acceptors (Lipinski definition) is 3. The molecular formula is C20H18O3. The van der Waals surface area contributed by atoms with Gasteiger partial charge in [0.05, 0.1) is 11.8 Å². The van der Waals surface area contributed by atoms with Gasteiger partial charge in [0.25, 0.3) is 0 Å². The minimum absolute atomic E-state index is 0.265. The van der Waals surface area contributed by atoms with Gasteiger partial charge >= 0.3 is 11.9 Å². The van der Waals surface area contributed by atoms with Gasteiger partial charge in [-0.15, -0.1) is 0 Å². The monoisotopic (exact) mass is 306 g/mol. The Kier molecular flexibility index (Phi) is 2.70. The second-order valence-electron chi connectivity index (χ2n) is 7.09. The third-order valence-corrected chi connectivity index (χ3v) is 6.08. The van der Waals surface area contributed by atoms with Gasteiger partial charge in [-0.1, -0.05) is 49.2 Å². The second kappa shape index (κ2) is 4.67. The summed E-state index contributed by atoms with van der Waals surface area (Å²) in [6.07, 6.45) is 4.49. The van der Waals surface area contributed by atoms with Crippen molar-refractivity contribution in [3.63, 3.8) is 0 Å². The predicted octanol–water partition coefficient (Wildman–Crippen LogP) is 3.91. The molecule has 2 fully saturated rings. The van der Waals surface area contributed by atoms with Crippen LogP contribution in [0.15, 0.2) is 36.4 Å². The first-order chi connectivity index (χ1) is 11.3. The van der Waals surface area contributed by atoms with Crippen LogP contribution in [0.5, 0.6) is 0 Å². The average Bonchev–Trinajstić information content (AvgIpc) is 2.89. The predicted molar refractivity (Wildman–Crippen MR) is 86.0 cm³/mol. The van der Waals surface area contributed by atoms with Crippen LogP contribution in [0.4, 0.5) is 0 Å². The molecule has 23 heavy (non-hydrogen) atoms. The van der Waals surface area contributed by atoms with Crippen molar-refractivity contribution in [3.8, 4) is 0 Å². The summed E-state index contributed by atoms with van der Waals surface area (Å²) >= 11 is 0. The molecule has 116 valence electrons. The molecule has 0 amide bonds. The summed E-state index contributed by atoms with van der Waals surface area (Å²) in [5, 5.41) is 2.24. The Bertz CT molecular complexity index is 838. The lowest BCUT2D eigenvalue weighted by Gasteiger charge is -2.42. The first-order valence-electron chi connectivity index (χ1n) is 8.53. The number of cyclic esters (lactones) is 2. The van der Waals surface area contributed by atoms with E-state index in [1.807, 2.05) is 12.1 Å². The highest BCUT2D eigenvalue weighted by Crippen LogP contribution is 2.56. The van der Waals surface area contributed by atoms with Gasteiger partial charge in [0.2, 0.25) is 0 Å². The Morgan fingerprint density at radius 3 is 2.65 bits per heavy atom. The standard InChI is InChI=1S/C20H18O3/c21-19-17-14-8-4-3-7-13(14)15-10-9-11-5-1-2-6-12(11)16(15)18(17)20(22)23-19/h1-2,5-6,9-10,13-14,17-18H,3-4,7-8H2/t13-,14-,17+,18+/m0/s1. The van der Waals surface area contributed by atoms with E-state index in [1.165, 1.54) is 12.0 Å². The molecule has 2 aliphatic carbocycles. The average molecular weight is 306 g/mol. The van der Waals surface area contributed by atoms with E-state index < -0.39 is 5.92 Å². The van der Waals surface area contributed by atoms with Crippen molar-refractivity contribution >= 4 is 22.7 Å². The largest absolute Gasteiger partial charge is 0.392 e. The zero-order valence-electron chi connectivity index (χ0n) is 12.8. The zero-order valence-corrected chi connectivity index (χ0v) is 12.8. The summed E-state index contributed by atoms with van der Waals surface area (Å²) in [7, 11) is 0. The molecular weight excluding hydrogens is 288 g/mol. The zero-order chi connectivity index (χ0) is 15.6. The number of hydrogen-bond donors (Lipinski definition) is 0. The SMILES string of the molecule is O=C1OC(=O)[C@@H]2c3c(ccc4ccccc34)[C@H]3CCCC[C@@H]3[C@@H]12. The topological polar surface area (TPSA) is 43.4 Å². The smallest absolute Gasteiger partial charge is 0.321 e. The van der Waals surface area contributed by atoms with E-state index in [-0.39, 0.29) is 23.8 Å². The quantitative estimate of drug-likeness (QED) is 0.547. The fourth-order valence-electron chi connectivity index (χ4n) is 5.19. The van der Waals surface area contributed by atoms with E-state index in [4.69, 9.17) is 4.74 Å². The fraction of sp³-hybridized carbons (Fsp3) is 0.400. The summed E-state index contributed by atoms with van der Waals surface area (Å²) in [5.41, 5.74) is 2.34. The van der Waals surface area contributed by atoms with Crippen molar-refractivity contribution in [2.24, 2.45) is 11.8 Å². The second-order valence-corrected chi connectivity index (χ2v) is 7.09. The molecule has 5 rings (SSSR count). The molecule has 0 N–H and O–H groups in total. The van der Waals surface area contributed by atoms with Crippen molar-refractivity contribution in [2.75, 3.05) is 0 Å². The molecule has 3 heteroatoms. The summed E-state index contributed by atoms with van der Waals surface area (Å²) in [5.74, 6) is -0.657. The Balaban J connectivity index is 1.83. The van der Waals surface area contributed by atoms with E-state index >= 15 is 0 Å². The van der Waals surface area contributed by atoms with Crippen LogP contribution in [0, 0.1) is 11.8 Å². The highest BCUT2D eigenvalue weighted by molar-refractivity contribution is 6.04. The minimum Gasteiger partial charge on any atom is -0.392 e. The van der Waals surface area contributed by atoms with Gasteiger partial charge < -0.3 is 4.74 Å². The fourth-order valence-corrected chi connectivity index (χ4v) is 5.19. The van der Waals surface area contributed by atoms with Gasteiger partial charge in [0.15, 0.2) is 0 Å². The molecule has 0 aromatic heterocycles. The molecule has 3 nitrogen and oxygen atoms in total.